The third-order valence-corrected chi connectivity index (χ3v) is 3.97. The number of rotatable bonds is 7. The maximum Gasteiger partial charge on any atom is 0.340 e. The van der Waals surface area contributed by atoms with Crippen LogP contribution in [-0.2, 0) is 6.42 Å². The molecule has 6 heteroatoms. The van der Waals surface area contributed by atoms with Gasteiger partial charge in [-0.2, -0.15) is 0 Å². The summed E-state index contributed by atoms with van der Waals surface area (Å²) in [6, 6.07) is 5.11. The van der Waals surface area contributed by atoms with Gasteiger partial charge in [-0.05, 0) is 50.1 Å². The normalized spacial score (nSPS) is 10.7. The van der Waals surface area contributed by atoms with E-state index >= 15 is 0 Å². The monoisotopic (exact) mass is 369 g/mol. The quantitative estimate of drug-likeness (QED) is 0.712. The number of aromatic nitrogens is 1. The number of aromatic hydroxyl groups is 1. The van der Waals surface area contributed by atoms with E-state index < -0.39 is 5.97 Å². The first kappa shape index (κ1) is 20.0. The zero-order valence-corrected chi connectivity index (χ0v) is 15.8. The highest BCUT2D eigenvalue weighted by atomic mass is 16.5. The van der Waals surface area contributed by atoms with Gasteiger partial charge >= 0.3 is 5.97 Å². The molecule has 2 N–H and O–H groups in total. The van der Waals surface area contributed by atoms with Crippen molar-refractivity contribution in [3.05, 3.63) is 58.4 Å². The molecule has 0 saturated heterocycles. The second-order valence-electron chi connectivity index (χ2n) is 6.12. The van der Waals surface area contributed by atoms with Gasteiger partial charge in [-0.3, -0.25) is 4.98 Å². The molecule has 1 aromatic heterocycles. The Kier molecular flexibility index (Phi) is 6.60. The molecule has 1 aromatic carbocycles. The number of pyridine rings is 1. The number of carboxylic acids is 1. The lowest BCUT2D eigenvalue weighted by Gasteiger charge is -2.14. The lowest BCUT2D eigenvalue weighted by molar-refractivity contribution is 0.0693. The predicted molar refractivity (Wildman–Crippen MR) is 104 cm³/mol. The lowest BCUT2D eigenvalue weighted by atomic mass is 9.97. The molecular weight excluding hydrogens is 346 g/mol. The molecule has 0 aliphatic carbocycles. The van der Waals surface area contributed by atoms with Gasteiger partial charge in [0.2, 0.25) is 0 Å². The van der Waals surface area contributed by atoms with Gasteiger partial charge in [0.05, 0.1) is 26.1 Å². The van der Waals surface area contributed by atoms with Crippen LogP contribution in [0.1, 0.15) is 41.0 Å². The van der Waals surface area contributed by atoms with Crippen LogP contribution in [0.15, 0.2) is 36.0 Å². The molecule has 0 aliphatic rings. The Morgan fingerprint density at radius 2 is 1.93 bits per heavy atom. The summed E-state index contributed by atoms with van der Waals surface area (Å²) in [6.07, 6.45) is 7.10. The first-order valence-corrected chi connectivity index (χ1v) is 8.35. The Morgan fingerprint density at radius 3 is 2.44 bits per heavy atom. The van der Waals surface area contributed by atoms with Crippen LogP contribution in [0, 0.1) is 0 Å². The maximum atomic E-state index is 11.7. The molecule has 6 nitrogen and oxygen atoms in total. The van der Waals surface area contributed by atoms with Crippen molar-refractivity contribution in [2.75, 3.05) is 14.2 Å². The molecule has 1 heterocycles. The molecule has 0 saturated carbocycles. The van der Waals surface area contributed by atoms with Crippen LogP contribution in [0.2, 0.25) is 0 Å². The van der Waals surface area contributed by atoms with Crippen molar-refractivity contribution in [1.82, 2.24) is 4.98 Å². The van der Waals surface area contributed by atoms with Crippen LogP contribution in [0.5, 0.6) is 17.2 Å². The van der Waals surface area contributed by atoms with Gasteiger partial charge in [0.15, 0.2) is 0 Å². The molecule has 0 bridgehead atoms. The number of phenols is 1. The Bertz CT molecular complexity index is 878. The van der Waals surface area contributed by atoms with Crippen molar-refractivity contribution in [1.29, 1.82) is 0 Å². The average Bonchev–Trinajstić information content (AvgIpc) is 2.64. The fourth-order valence-electron chi connectivity index (χ4n) is 2.53. The van der Waals surface area contributed by atoms with E-state index in [2.05, 4.69) is 4.98 Å². The number of carbonyl (C=O) groups is 1. The van der Waals surface area contributed by atoms with E-state index in [0.717, 1.165) is 5.57 Å². The molecule has 0 unspecified atom stereocenters. The van der Waals surface area contributed by atoms with E-state index in [4.69, 9.17) is 9.47 Å². The molecule has 0 atom stereocenters. The second-order valence-corrected chi connectivity index (χ2v) is 6.12. The Morgan fingerprint density at radius 1 is 1.19 bits per heavy atom. The first-order valence-electron chi connectivity index (χ1n) is 8.35. The highest BCUT2D eigenvalue weighted by Gasteiger charge is 2.21. The van der Waals surface area contributed by atoms with Crippen molar-refractivity contribution < 1.29 is 24.5 Å². The van der Waals surface area contributed by atoms with E-state index in [1.807, 2.05) is 19.9 Å². The molecule has 0 aliphatic heterocycles. The van der Waals surface area contributed by atoms with Crippen LogP contribution in [0.25, 0.3) is 12.2 Å². The summed E-state index contributed by atoms with van der Waals surface area (Å²) in [5.41, 5.74) is 2.28. The molecular formula is C21H23NO5. The average molecular weight is 369 g/mol. The molecule has 2 aromatic rings. The van der Waals surface area contributed by atoms with E-state index in [-0.39, 0.29) is 11.3 Å². The summed E-state index contributed by atoms with van der Waals surface area (Å²) in [7, 11) is 3.04. The standard InChI is InChI=1S/C21H23NO5/c1-13(2)5-10-17-18(27-4)11-14(19(20(17)23)21(24)25)6-7-15-8-9-16(26-3)12-22-15/h5-9,11-12,23H,10H2,1-4H3,(H,24,25)/b7-6+. The number of hydrogen-bond acceptors (Lipinski definition) is 5. The van der Waals surface area contributed by atoms with Crippen LogP contribution in [-0.4, -0.2) is 35.4 Å². The van der Waals surface area contributed by atoms with E-state index in [0.29, 0.717) is 34.7 Å². The van der Waals surface area contributed by atoms with E-state index in [1.54, 1.807) is 43.7 Å². The van der Waals surface area contributed by atoms with E-state index in [1.165, 1.54) is 7.11 Å². The van der Waals surface area contributed by atoms with Crippen molar-refractivity contribution in [2.24, 2.45) is 0 Å². The minimum Gasteiger partial charge on any atom is -0.507 e. The fourth-order valence-corrected chi connectivity index (χ4v) is 2.53. The van der Waals surface area contributed by atoms with Gasteiger partial charge in [0.1, 0.15) is 22.8 Å². The number of benzene rings is 1. The molecule has 142 valence electrons. The predicted octanol–water partition coefficient (Wildman–Crippen LogP) is 4.18. The van der Waals surface area contributed by atoms with Crippen molar-refractivity contribution in [3.63, 3.8) is 0 Å². The second kappa shape index (κ2) is 8.89. The highest BCUT2D eigenvalue weighted by molar-refractivity contribution is 5.97. The summed E-state index contributed by atoms with van der Waals surface area (Å²) in [5, 5.41) is 20.2. The van der Waals surface area contributed by atoms with Gasteiger partial charge in [-0.25, -0.2) is 4.79 Å². The van der Waals surface area contributed by atoms with Crippen LogP contribution in [0.4, 0.5) is 0 Å². The number of aromatic carboxylic acids is 1. The smallest absolute Gasteiger partial charge is 0.340 e. The topological polar surface area (TPSA) is 88.9 Å². The van der Waals surface area contributed by atoms with Crippen LogP contribution in [0.3, 0.4) is 0 Å². The van der Waals surface area contributed by atoms with Crippen molar-refractivity contribution in [3.8, 4) is 17.2 Å². The van der Waals surface area contributed by atoms with Gasteiger partial charge < -0.3 is 19.7 Å². The molecule has 2 rings (SSSR count). The molecule has 0 radical (unpaired) electrons. The summed E-state index contributed by atoms with van der Waals surface area (Å²) < 4.78 is 10.4. The third kappa shape index (κ3) is 4.88. The van der Waals surface area contributed by atoms with E-state index in [9.17, 15) is 15.0 Å². The van der Waals surface area contributed by atoms with Gasteiger partial charge in [-0.15, -0.1) is 0 Å². The summed E-state index contributed by atoms with van der Waals surface area (Å²) in [6.45, 7) is 3.86. The van der Waals surface area contributed by atoms with Crippen molar-refractivity contribution >= 4 is 18.1 Å². The molecule has 0 fully saturated rings. The number of ether oxygens (including phenoxy) is 2. The summed E-state index contributed by atoms with van der Waals surface area (Å²) in [4.78, 5) is 16.0. The number of nitrogens with zero attached hydrogens (tertiary/aromatic N) is 1. The maximum absolute atomic E-state index is 11.7. The zero-order valence-electron chi connectivity index (χ0n) is 15.8. The fraction of sp³-hybridized carbons (Fsp3) is 0.238. The van der Waals surface area contributed by atoms with Gasteiger partial charge in [0.25, 0.3) is 0 Å². The number of carboxylic acid groups (broad SMARTS) is 1. The summed E-state index contributed by atoms with van der Waals surface area (Å²) >= 11 is 0. The Labute approximate surface area is 158 Å². The highest BCUT2D eigenvalue weighted by Crippen LogP contribution is 2.36. The largest absolute Gasteiger partial charge is 0.507 e. The molecule has 27 heavy (non-hydrogen) atoms. The van der Waals surface area contributed by atoms with Gasteiger partial charge in [-0.1, -0.05) is 17.7 Å². The zero-order chi connectivity index (χ0) is 20.0. The SMILES string of the molecule is COc1ccc(/C=C/c2cc(OC)c(CC=C(C)C)c(O)c2C(=O)O)nc1. The van der Waals surface area contributed by atoms with Crippen LogP contribution >= 0.6 is 0 Å². The lowest BCUT2D eigenvalue weighted by Crippen LogP contribution is -2.04. The Balaban J connectivity index is 2.51. The van der Waals surface area contributed by atoms with Crippen molar-refractivity contribution in [2.45, 2.75) is 20.3 Å². The van der Waals surface area contributed by atoms with Crippen LogP contribution < -0.4 is 9.47 Å². The number of allylic oxidation sites excluding steroid dienone is 2. The van der Waals surface area contributed by atoms with Gasteiger partial charge in [0, 0.05) is 5.56 Å². The third-order valence-electron chi connectivity index (χ3n) is 3.97. The summed E-state index contributed by atoms with van der Waals surface area (Å²) in [5.74, 6) is -0.448. The minimum atomic E-state index is -1.21. The number of methoxy groups -OCH3 is 2. The molecule has 0 spiro atoms. The first-order chi connectivity index (χ1) is 12.9. The number of hydrogen-bond donors (Lipinski definition) is 2. The molecule has 0 amide bonds. The minimum absolute atomic E-state index is 0.169. The Hall–Kier alpha value is -3.28.